The molecule has 2 amide bonds. The van der Waals surface area contributed by atoms with Gasteiger partial charge in [0, 0.05) is 31.0 Å². The molecule has 0 spiro atoms. The molecule has 0 radical (unpaired) electrons. The molecular weight excluding hydrogens is 682 g/mol. The lowest BCUT2D eigenvalue weighted by atomic mass is 9.95. The third-order valence-electron chi connectivity index (χ3n) is 9.47. The Balaban J connectivity index is 1.41. The first-order valence-electron chi connectivity index (χ1n) is 17.4. The van der Waals surface area contributed by atoms with Crippen LogP contribution in [0.4, 0.5) is 5.69 Å². The van der Waals surface area contributed by atoms with Crippen LogP contribution in [0.15, 0.2) is 51.8 Å². The van der Waals surface area contributed by atoms with Gasteiger partial charge in [0.25, 0.3) is 0 Å². The van der Waals surface area contributed by atoms with Crippen molar-refractivity contribution in [3.8, 4) is 51.3 Å². The predicted octanol–water partition coefficient (Wildman–Crippen LogP) is 5.12. The number of carbonyl (C=O) groups is 2. The molecule has 14 heteroatoms. The highest BCUT2D eigenvalue weighted by molar-refractivity contribution is 5.86. The van der Waals surface area contributed by atoms with Crippen molar-refractivity contribution in [2.45, 2.75) is 58.5 Å². The van der Waals surface area contributed by atoms with E-state index >= 15 is 0 Å². The topological polar surface area (TPSA) is 172 Å². The first-order valence-corrected chi connectivity index (χ1v) is 17.4. The number of hydrogen-bond acceptors (Lipinski definition) is 12. The number of carbonyl (C=O) groups excluding carboxylic acids is 2. The number of amides is 2. The molecule has 5 rings (SSSR count). The quantitative estimate of drug-likeness (QED) is 0.148. The van der Waals surface area contributed by atoms with Crippen LogP contribution in [0.2, 0.25) is 0 Å². The maximum atomic E-state index is 14.0. The molecule has 4 aromatic rings. The van der Waals surface area contributed by atoms with Crippen LogP contribution in [0, 0.1) is 5.92 Å². The number of ether oxygens (including phenoxy) is 5. The molecule has 0 fully saturated rings. The second kappa shape index (κ2) is 17.2. The van der Waals surface area contributed by atoms with Crippen molar-refractivity contribution < 1.29 is 37.8 Å². The van der Waals surface area contributed by atoms with Crippen molar-refractivity contribution in [3.05, 3.63) is 69.7 Å². The summed E-state index contributed by atoms with van der Waals surface area (Å²) in [5.74, 6) is 2.57. The van der Waals surface area contributed by atoms with Crippen molar-refractivity contribution in [2.24, 2.45) is 5.92 Å². The highest BCUT2D eigenvalue weighted by atomic mass is 16.5. The average Bonchev–Trinajstić information content (AvgIpc) is 3.52. The third-order valence-corrected chi connectivity index (χ3v) is 9.47. The Hall–Kier alpha value is -5.79. The molecule has 1 heterocycles. The van der Waals surface area contributed by atoms with Gasteiger partial charge in [-0.2, -0.15) is 4.98 Å². The molecule has 3 N–H and O–H groups in total. The summed E-state index contributed by atoms with van der Waals surface area (Å²) in [6, 6.07) is 11.0. The van der Waals surface area contributed by atoms with Crippen molar-refractivity contribution >= 4 is 17.5 Å². The van der Waals surface area contributed by atoms with E-state index in [1.165, 1.54) is 20.1 Å². The molecular formula is C39H47N5O9. The fourth-order valence-corrected chi connectivity index (χ4v) is 6.55. The number of aromatic nitrogens is 2. The zero-order valence-corrected chi connectivity index (χ0v) is 31.4. The summed E-state index contributed by atoms with van der Waals surface area (Å²) in [6.07, 6.45) is 2.06. The van der Waals surface area contributed by atoms with Gasteiger partial charge in [-0.15, -0.1) is 0 Å². The summed E-state index contributed by atoms with van der Waals surface area (Å²) >= 11 is 0. The standard InChI is InChI=1S/C39H47N5O9/c1-9-21(2)35(39(47)40-17-16-33-43-38(44-53-33)24-11-15-30(48-4)31(19-24)49-5)42-28-14-12-25-26(20-29(28)46)27(41-22(3)45)13-10-23-18-32(50-6)36(51-7)37(52-8)34(23)25/h11-12,14-15,18-21,27,35H,9-10,13,16-17H2,1-8H3,(H,40,47)(H,41,45)(H,42,46)/t21-,27+,35+/m1/s1. The number of hydrogen-bond donors (Lipinski definition) is 3. The summed E-state index contributed by atoms with van der Waals surface area (Å²) in [5, 5.41) is 13.3. The molecule has 3 aromatic carbocycles. The maximum absolute atomic E-state index is 14.0. The Bertz CT molecular complexity index is 2010. The molecule has 282 valence electrons. The van der Waals surface area contributed by atoms with Gasteiger partial charge in [-0.1, -0.05) is 31.5 Å². The molecule has 0 bridgehead atoms. The Morgan fingerprint density at radius 1 is 0.925 bits per heavy atom. The van der Waals surface area contributed by atoms with Gasteiger partial charge in [0.05, 0.1) is 47.3 Å². The third kappa shape index (κ3) is 8.32. The average molecular weight is 730 g/mol. The molecule has 0 saturated carbocycles. The number of nitrogens with one attached hydrogen (secondary N) is 3. The normalized spacial score (nSPS) is 14.4. The van der Waals surface area contributed by atoms with Gasteiger partial charge >= 0.3 is 0 Å². The van der Waals surface area contributed by atoms with Gasteiger partial charge in [0.1, 0.15) is 6.04 Å². The summed E-state index contributed by atoms with van der Waals surface area (Å²) in [6.45, 7) is 5.60. The van der Waals surface area contributed by atoms with Crippen LogP contribution >= 0.6 is 0 Å². The van der Waals surface area contributed by atoms with Crippen molar-refractivity contribution in [1.29, 1.82) is 0 Å². The molecule has 1 aromatic heterocycles. The number of anilines is 1. The van der Waals surface area contributed by atoms with E-state index in [9.17, 15) is 14.4 Å². The highest BCUT2D eigenvalue weighted by Crippen LogP contribution is 2.50. The first-order chi connectivity index (χ1) is 25.6. The van der Waals surface area contributed by atoms with E-state index in [0.717, 1.165) is 11.1 Å². The lowest BCUT2D eigenvalue weighted by Crippen LogP contribution is -2.45. The smallest absolute Gasteiger partial charge is 0.242 e. The van der Waals surface area contributed by atoms with E-state index < -0.39 is 12.1 Å². The van der Waals surface area contributed by atoms with Crippen LogP contribution < -0.4 is 45.1 Å². The fourth-order valence-electron chi connectivity index (χ4n) is 6.55. The zero-order valence-electron chi connectivity index (χ0n) is 31.4. The lowest BCUT2D eigenvalue weighted by Gasteiger charge is -2.24. The van der Waals surface area contributed by atoms with E-state index in [2.05, 4.69) is 26.1 Å². The van der Waals surface area contributed by atoms with E-state index in [0.29, 0.717) is 82.8 Å². The van der Waals surface area contributed by atoms with Crippen LogP contribution in [0.25, 0.3) is 22.5 Å². The van der Waals surface area contributed by atoms with Gasteiger partial charge in [0.15, 0.2) is 23.0 Å². The van der Waals surface area contributed by atoms with Crippen LogP contribution in [0.1, 0.15) is 56.7 Å². The van der Waals surface area contributed by atoms with Crippen molar-refractivity contribution in [3.63, 3.8) is 0 Å². The Morgan fingerprint density at radius 2 is 1.66 bits per heavy atom. The van der Waals surface area contributed by atoms with Crippen molar-refractivity contribution in [1.82, 2.24) is 20.8 Å². The van der Waals surface area contributed by atoms with Gasteiger partial charge in [0.2, 0.25) is 34.7 Å². The maximum Gasteiger partial charge on any atom is 0.242 e. The van der Waals surface area contributed by atoms with E-state index in [1.807, 2.05) is 26.0 Å². The number of benzene rings is 2. The van der Waals surface area contributed by atoms with Crippen LogP contribution in [0.3, 0.4) is 0 Å². The van der Waals surface area contributed by atoms with Crippen LogP contribution in [-0.2, 0) is 22.4 Å². The molecule has 0 saturated heterocycles. The van der Waals surface area contributed by atoms with Gasteiger partial charge < -0.3 is 44.2 Å². The number of methoxy groups -OCH3 is 5. The summed E-state index contributed by atoms with van der Waals surface area (Å²) < 4.78 is 33.3. The SMILES string of the molecule is CC[C@@H](C)[C@H](Nc1ccc2c(cc1=O)[C@@H](NC(C)=O)CCc1cc(OC)c(OC)c(OC)c1-2)C(=O)NCCc1nc(-c2ccc(OC)c(OC)c2)no1. The second-order valence-electron chi connectivity index (χ2n) is 12.7. The summed E-state index contributed by atoms with van der Waals surface area (Å²) in [4.78, 5) is 44.5. The molecule has 53 heavy (non-hydrogen) atoms. The van der Waals surface area contributed by atoms with Gasteiger partial charge in [-0.05, 0) is 71.8 Å². The largest absolute Gasteiger partial charge is 0.493 e. The summed E-state index contributed by atoms with van der Waals surface area (Å²) in [7, 11) is 7.75. The molecule has 1 aliphatic carbocycles. The minimum absolute atomic E-state index is 0.137. The molecule has 3 atom stereocenters. The lowest BCUT2D eigenvalue weighted by molar-refractivity contribution is -0.123. The predicted molar refractivity (Wildman–Crippen MR) is 199 cm³/mol. The monoisotopic (exact) mass is 729 g/mol. The van der Waals surface area contributed by atoms with E-state index in [4.69, 9.17) is 28.2 Å². The number of rotatable bonds is 15. The Morgan fingerprint density at radius 3 is 2.32 bits per heavy atom. The second-order valence-corrected chi connectivity index (χ2v) is 12.7. The van der Waals surface area contributed by atoms with Crippen LogP contribution in [0.5, 0.6) is 28.7 Å². The Kier molecular flexibility index (Phi) is 12.4. The van der Waals surface area contributed by atoms with Gasteiger partial charge in [-0.25, -0.2) is 0 Å². The van der Waals surface area contributed by atoms with E-state index in [-0.39, 0.29) is 35.4 Å². The number of nitrogens with zero attached hydrogens (tertiary/aromatic N) is 2. The summed E-state index contributed by atoms with van der Waals surface area (Å²) in [5.41, 5.74) is 3.55. The molecule has 1 aliphatic rings. The van der Waals surface area contributed by atoms with Crippen molar-refractivity contribution in [2.75, 3.05) is 47.4 Å². The molecule has 0 unspecified atom stereocenters. The minimum atomic E-state index is -0.739. The number of fused-ring (bicyclic) bond motifs is 3. The minimum Gasteiger partial charge on any atom is -0.493 e. The Labute approximate surface area is 308 Å². The van der Waals surface area contributed by atoms with Crippen LogP contribution in [-0.4, -0.2) is 70.1 Å². The zero-order chi connectivity index (χ0) is 38.2. The fraction of sp³-hybridized carbons (Fsp3) is 0.410. The van der Waals surface area contributed by atoms with Gasteiger partial charge in [-0.3, -0.25) is 14.4 Å². The first kappa shape index (κ1) is 38.4. The molecule has 0 aliphatic heterocycles. The number of aryl methyl sites for hydroxylation is 1. The highest BCUT2D eigenvalue weighted by Gasteiger charge is 2.30. The molecule has 14 nitrogen and oxygen atoms in total. The van der Waals surface area contributed by atoms with E-state index in [1.54, 1.807) is 52.7 Å².